The summed E-state index contributed by atoms with van der Waals surface area (Å²) in [7, 11) is 0. The second-order valence-corrected chi connectivity index (χ2v) is 32.0. The molecule has 0 heterocycles. The lowest BCUT2D eigenvalue weighted by Gasteiger charge is -2.34. The lowest BCUT2D eigenvalue weighted by molar-refractivity contribution is 0.660. The average molecular weight is 1370 g/mol. The molecule has 0 atom stereocenters. The Labute approximate surface area is 628 Å². The Kier molecular flexibility index (Phi) is 14.4. The Morgan fingerprint density at radius 3 is 0.738 bits per heavy atom. The van der Waals surface area contributed by atoms with E-state index in [0.717, 1.165) is 72.7 Å². The van der Waals surface area contributed by atoms with Crippen LogP contribution in [0.25, 0.3) is 99.4 Å². The average Bonchev–Trinajstić information content (AvgIpc) is 1.63. The first-order valence-electron chi connectivity index (χ1n) is 37.9. The van der Waals surface area contributed by atoms with Gasteiger partial charge in [0.05, 0.1) is 11.4 Å². The molecule has 3 heteroatoms. The minimum atomic E-state index is -0.471. The van der Waals surface area contributed by atoms with Gasteiger partial charge in [0, 0.05) is 83.0 Å². The summed E-state index contributed by atoms with van der Waals surface area (Å²) in [6, 6.07) is 131. The van der Waals surface area contributed by atoms with Crippen LogP contribution >= 0.6 is 0 Å². The number of hydrogen-bond donors (Lipinski definition) is 0. The largest absolute Gasteiger partial charge is 0.310 e. The molecule has 0 saturated carbocycles. The van der Waals surface area contributed by atoms with Gasteiger partial charge in [0.15, 0.2) is 0 Å². The highest BCUT2D eigenvalue weighted by atomic mass is 15.2. The van der Waals surface area contributed by atoms with Gasteiger partial charge in [-0.25, -0.2) is 0 Å². The highest BCUT2D eigenvalue weighted by Gasteiger charge is 2.42. The molecule has 20 rings (SSSR count). The summed E-state index contributed by atoms with van der Waals surface area (Å²) in [6.45, 7) is 19.3. The maximum Gasteiger partial charge on any atom is 0.0620 e. The maximum atomic E-state index is 2.62. The molecule has 16 aromatic rings. The van der Waals surface area contributed by atoms with E-state index in [1.54, 1.807) is 0 Å². The Morgan fingerprint density at radius 2 is 0.393 bits per heavy atom. The van der Waals surface area contributed by atoms with Gasteiger partial charge in [0.1, 0.15) is 0 Å². The van der Waals surface area contributed by atoms with Crippen molar-refractivity contribution in [1.82, 2.24) is 0 Å². The van der Waals surface area contributed by atoms with Crippen LogP contribution in [0.2, 0.25) is 0 Å². The Balaban J connectivity index is 0.853. The first-order valence-corrected chi connectivity index (χ1v) is 37.9. The smallest absolute Gasteiger partial charge is 0.0620 e. The van der Waals surface area contributed by atoms with E-state index in [1.165, 1.54) is 122 Å². The summed E-state index contributed by atoms with van der Waals surface area (Å²) in [5.41, 5.74) is 36.8. The summed E-state index contributed by atoms with van der Waals surface area (Å²) in [5, 5.41) is 4.61. The molecule has 0 spiro atoms. The molecule has 512 valence electrons. The van der Waals surface area contributed by atoms with Crippen LogP contribution in [0.15, 0.2) is 346 Å². The van der Waals surface area contributed by atoms with Crippen molar-refractivity contribution in [2.24, 2.45) is 0 Å². The highest BCUT2D eigenvalue weighted by molar-refractivity contribution is 6.24. The third-order valence-corrected chi connectivity index (χ3v) is 24.6. The van der Waals surface area contributed by atoms with Gasteiger partial charge in [-0.2, -0.15) is 0 Å². The molecule has 4 aliphatic rings. The zero-order valence-corrected chi connectivity index (χ0v) is 61.8. The van der Waals surface area contributed by atoms with Crippen LogP contribution in [-0.2, 0) is 21.7 Å². The normalized spacial score (nSPS) is 14.5. The zero-order valence-electron chi connectivity index (χ0n) is 61.8. The van der Waals surface area contributed by atoms with E-state index in [1.807, 2.05) is 0 Å². The molecule has 16 aromatic carbocycles. The lowest BCUT2D eigenvalue weighted by atomic mass is 9.81. The molecule has 0 radical (unpaired) electrons. The number of nitrogens with zero attached hydrogens (tertiary/aromatic N) is 3. The van der Waals surface area contributed by atoms with Crippen LogP contribution < -0.4 is 14.7 Å². The SMILES string of the molecule is CC1(C)c2ccccc2-c2ccc(N(c3ccc(-c4ccccc4)cc3)c3ccc4c(c3)C(C)(C)c3cc5c(N(c6ccc(-c7ccccc7)cc6)c6ccc7c(c6)C(C)(C)c6ccccc6-7)c6ccccc6c(N(c6ccc(-c7ccccc7)cc6)c6ccc7c(c6)C(C)(C)c6ccccc6-7)c5cc3-4)cc21. The molecule has 0 bridgehead atoms. The van der Waals surface area contributed by atoms with Gasteiger partial charge in [0.2, 0.25) is 0 Å². The van der Waals surface area contributed by atoms with E-state index in [2.05, 4.69) is 416 Å². The van der Waals surface area contributed by atoms with Crippen molar-refractivity contribution >= 4 is 72.7 Å². The first kappa shape index (κ1) is 64.1. The number of fused-ring (bicyclic) bond motifs is 14. The minimum Gasteiger partial charge on any atom is -0.310 e. The Morgan fingerprint density at radius 1 is 0.159 bits per heavy atom. The van der Waals surface area contributed by atoms with Gasteiger partial charge in [-0.15, -0.1) is 0 Å². The molecule has 0 unspecified atom stereocenters. The van der Waals surface area contributed by atoms with Gasteiger partial charge >= 0.3 is 0 Å². The van der Waals surface area contributed by atoms with Crippen molar-refractivity contribution in [2.45, 2.75) is 77.0 Å². The van der Waals surface area contributed by atoms with Crippen molar-refractivity contribution in [2.75, 3.05) is 14.7 Å². The van der Waals surface area contributed by atoms with E-state index in [-0.39, 0.29) is 16.2 Å². The van der Waals surface area contributed by atoms with Gasteiger partial charge < -0.3 is 14.7 Å². The summed E-state index contributed by atoms with van der Waals surface area (Å²) in [5.74, 6) is 0. The van der Waals surface area contributed by atoms with Gasteiger partial charge in [-0.05, 0) is 219 Å². The molecule has 0 aromatic heterocycles. The van der Waals surface area contributed by atoms with Crippen molar-refractivity contribution in [3.8, 4) is 77.9 Å². The van der Waals surface area contributed by atoms with Crippen molar-refractivity contribution < 1.29 is 0 Å². The zero-order chi connectivity index (χ0) is 72.2. The number of rotatable bonds is 12. The fourth-order valence-corrected chi connectivity index (χ4v) is 19.0. The van der Waals surface area contributed by atoms with E-state index < -0.39 is 5.41 Å². The fourth-order valence-electron chi connectivity index (χ4n) is 19.0. The third-order valence-electron chi connectivity index (χ3n) is 24.6. The monoisotopic (exact) mass is 1370 g/mol. The molecular formula is C104H81N3. The van der Waals surface area contributed by atoms with E-state index in [4.69, 9.17) is 0 Å². The van der Waals surface area contributed by atoms with Crippen molar-refractivity contribution in [1.29, 1.82) is 0 Å². The van der Waals surface area contributed by atoms with Gasteiger partial charge in [-0.3, -0.25) is 0 Å². The number of hydrogen-bond acceptors (Lipinski definition) is 3. The molecule has 0 N–H and O–H groups in total. The Bertz CT molecular complexity index is 6280. The lowest BCUT2D eigenvalue weighted by Crippen LogP contribution is -2.19. The predicted molar refractivity (Wildman–Crippen MR) is 452 cm³/mol. The van der Waals surface area contributed by atoms with Crippen LogP contribution in [0, 0.1) is 0 Å². The summed E-state index contributed by atoms with van der Waals surface area (Å²) in [6.07, 6.45) is 0. The molecule has 3 nitrogen and oxygen atoms in total. The van der Waals surface area contributed by atoms with Crippen molar-refractivity contribution in [3.63, 3.8) is 0 Å². The number of benzene rings is 16. The van der Waals surface area contributed by atoms with Crippen LogP contribution in [0.1, 0.15) is 99.9 Å². The van der Waals surface area contributed by atoms with E-state index >= 15 is 0 Å². The van der Waals surface area contributed by atoms with Crippen molar-refractivity contribution in [3.05, 3.63) is 390 Å². The van der Waals surface area contributed by atoms with Gasteiger partial charge in [0.25, 0.3) is 0 Å². The molecule has 0 saturated heterocycles. The topological polar surface area (TPSA) is 9.72 Å². The summed E-state index contributed by atoms with van der Waals surface area (Å²) < 4.78 is 0. The van der Waals surface area contributed by atoms with Crippen LogP contribution in [0.5, 0.6) is 0 Å². The quantitative estimate of drug-likeness (QED) is 0.0892. The molecule has 0 amide bonds. The Hall–Kier alpha value is -12.6. The van der Waals surface area contributed by atoms with Crippen LogP contribution in [-0.4, -0.2) is 0 Å². The number of anilines is 9. The highest BCUT2D eigenvalue weighted by Crippen LogP contribution is 2.60. The van der Waals surface area contributed by atoms with E-state index in [9.17, 15) is 0 Å². The molecule has 4 aliphatic carbocycles. The molecule has 107 heavy (non-hydrogen) atoms. The molecule has 0 aliphatic heterocycles. The second kappa shape index (κ2) is 24.0. The van der Waals surface area contributed by atoms with Crippen LogP contribution in [0.4, 0.5) is 51.2 Å². The van der Waals surface area contributed by atoms with Crippen LogP contribution in [0.3, 0.4) is 0 Å². The van der Waals surface area contributed by atoms with Gasteiger partial charge in [-0.1, -0.05) is 304 Å². The minimum absolute atomic E-state index is 0.189. The first-order chi connectivity index (χ1) is 52.1. The predicted octanol–water partition coefficient (Wildman–Crippen LogP) is 28.6. The third kappa shape index (κ3) is 9.86. The summed E-state index contributed by atoms with van der Waals surface area (Å²) in [4.78, 5) is 7.71. The fraction of sp³-hybridized carbons (Fsp3) is 0.115. The maximum absolute atomic E-state index is 2.62. The summed E-state index contributed by atoms with van der Waals surface area (Å²) >= 11 is 0. The van der Waals surface area contributed by atoms with E-state index in [0.29, 0.717) is 0 Å². The molecular weight excluding hydrogens is 1290 g/mol. The standard InChI is InChI=1S/C104H81N3/c1-101(2)91-37-23-20-32-79(91)82-56-52-75(60-94(82)101)105(72-46-40-69(41-47-72)66-26-12-9-13-27-66)76-53-59-85-88-64-89-90(65-98(88)104(7,8)97(85)61-76)100(107(74-50-44-71(45-51-74)68-30-16-11-17-31-68)78-55-58-84-81-34-22-25-39-93(81)103(5,6)96(84)63-78)87-36-19-18-35-86(87)99(89)106(73-48-42-70(43-49-73)67-28-14-10-15-29-67)77-54-57-83-80-33-21-24-38-92(80)102(3,4)95(83)62-77/h9-65H,1-8H3. The second-order valence-electron chi connectivity index (χ2n) is 32.0. The molecule has 0 fully saturated rings.